The summed E-state index contributed by atoms with van der Waals surface area (Å²) >= 11 is 0. The third kappa shape index (κ3) is 4.81. The highest BCUT2D eigenvalue weighted by Crippen LogP contribution is 2.16. The van der Waals surface area contributed by atoms with E-state index in [1.165, 1.54) is 0 Å². The molecule has 0 bridgehead atoms. The van der Waals surface area contributed by atoms with Crippen LogP contribution in [0.1, 0.15) is 19.4 Å². The maximum atomic E-state index is 9.44. The Balaban J connectivity index is 2.18. The van der Waals surface area contributed by atoms with Crippen LogP contribution in [0, 0.1) is 0 Å². The molecule has 0 fully saturated rings. The second kappa shape index (κ2) is 6.43. The Kier molecular flexibility index (Phi) is 5.15. The first kappa shape index (κ1) is 12.0. The molecule has 0 aromatic heterocycles. The van der Waals surface area contributed by atoms with E-state index in [1.54, 1.807) is 12.1 Å². The van der Waals surface area contributed by atoms with E-state index < -0.39 is 0 Å². The molecule has 0 spiro atoms. The summed E-state index contributed by atoms with van der Waals surface area (Å²) in [6.45, 7) is 5.54. The van der Waals surface area contributed by atoms with Crippen molar-refractivity contribution in [2.45, 2.75) is 26.6 Å². The molecule has 0 saturated heterocycles. The molecule has 0 aliphatic rings. The molecule has 0 aliphatic carbocycles. The van der Waals surface area contributed by atoms with Gasteiger partial charge in [-0.1, -0.05) is 18.2 Å². The third-order valence-corrected chi connectivity index (χ3v) is 1.93. The van der Waals surface area contributed by atoms with Crippen LogP contribution in [0.15, 0.2) is 24.3 Å². The summed E-state index contributed by atoms with van der Waals surface area (Å²) in [4.78, 5) is 0. The van der Waals surface area contributed by atoms with Crippen LogP contribution in [0.25, 0.3) is 0 Å². The first-order valence-corrected chi connectivity index (χ1v) is 5.16. The molecule has 1 N–H and O–H groups in total. The summed E-state index contributed by atoms with van der Waals surface area (Å²) in [5.41, 5.74) is 0.807. The zero-order valence-electron chi connectivity index (χ0n) is 9.27. The van der Waals surface area contributed by atoms with E-state index in [1.807, 2.05) is 26.0 Å². The zero-order valence-corrected chi connectivity index (χ0v) is 9.27. The van der Waals surface area contributed by atoms with Gasteiger partial charge in [-0.2, -0.15) is 0 Å². The first-order chi connectivity index (χ1) is 7.20. The zero-order chi connectivity index (χ0) is 11.1. The van der Waals surface area contributed by atoms with Crippen LogP contribution in [-0.2, 0) is 16.1 Å². The van der Waals surface area contributed by atoms with Gasteiger partial charge in [-0.15, -0.1) is 0 Å². The molecule has 0 heterocycles. The molecule has 1 rings (SSSR count). The van der Waals surface area contributed by atoms with E-state index in [2.05, 4.69) is 0 Å². The molecule has 0 saturated carbocycles. The summed E-state index contributed by atoms with van der Waals surface area (Å²) < 4.78 is 10.7. The highest BCUT2D eigenvalue weighted by atomic mass is 16.5. The average Bonchev–Trinajstić information content (AvgIpc) is 2.20. The summed E-state index contributed by atoms with van der Waals surface area (Å²) in [7, 11) is 0. The van der Waals surface area contributed by atoms with E-state index in [0.29, 0.717) is 19.8 Å². The molecule has 84 valence electrons. The summed E-state index contributed by atoms with van der Waals surface area (Å²) in [6, 6.07) is 7.17. The predicted octanol–water partition coefficient (Wildman–Crippen LogP) is 2.33. The predicted molar refractivity (Wildman–Crippen MR) is 58.9 cm³/mol. The lowest BCUT2D eigenvalue weighted by Gasteiger charge is -2.08. The number of hydrogen-bond donors (Lipinski definition) is 1. The van der Waals surface area contributed by atoms with Gasteiger partial charge in [0, 0.05) is 5.56 Å². The van der Waals surface area contributed by atoms with E-state index in [-0.39, 0.29) is 11.9 Å². The van der Waals surface area contributed by atoms with Gasteiger partial charge in [-0.25, -0.2) is 0 Å². The van der Waals surface area contributed by atoms with Gasteiger partial charge in [0.15, 0.2) is 0 Å². The molecular weight excluding hydrogens is 192 g/mol. The third-order valence-electron chi connectivity index (χ3n) is 1.93. The minimum Gasteiger partial charge on any atom is -0.508 e. The molecule has 0 unspecified atom stereocenters. The summed E-state index contributed by atoms with van der Waals surface area (Å²) in [5.74, 6) is 0.280. The van der Waals surface area contributed by atoms with Gasteiger partial charge in [-0.05, 0) is 19.9 Å². The normalized spacial score (nSPS) is 10.9. The standard InChI is InChI=1S/C12H18O3/c1-10(2)15-8-7-14-9-11-5-3-4-6-12(11)13/h3-6,10,13H,7-9H2,1-2H3. The number of aromatic hydroxyl groups is 1. The molecule has 0 radical (unpaired) electrons. The quantitative estimate of drug-likeness (QED) is 0.732. The fourth-order valence-corrected chi connectivity index (χ4v) is 1.16. The lowest BCUT2D eigenvalue weighted by molar-refractivity contribution is 0.0139. The Labute approximate surface area is 90.6 Å². The fourth-order valence-electron chi connectivity index (χ4n) is 1.16. The number of hydrogen-bond acceptors (Lipinski definition) is 3. The van der Waals surface area contributed by atoms with E-state index >= 15 is 0 Å². The van der Waals surface area contributed by atoms with Crippen LogP contribution >= 0.6 is 0 Å². The van der Waals surface area contributed by atoms with Crippen molar-refractivity contribution in [1.82, 2.24) is 0 Å². The van der Waals surface area contributed by atoms with E-state index in [0.717, 1.165) is 5.56 Å². The lowest BCUT2D eigenvalue weighted by atomic mass is 10.2. The molecule has 0 aliphatic heterocycles. The Hall–Kier alpha value is -1.06. The second-order valence-electron chi connectivity index (χ2n) is 3.60. The molecular formula is C12H18O3. The smallest absolute Gasteiger partial charge is 0.121 e. The molecule has 1 aromatic carbocycles. The summed E-state index contributed by atoms with van der Waals surface area (Å²) in [5, 5.41) is 9.44. The van der Waals surface area contributed by atoms with Crippen LogP contribution in [-0.4, -0.2) is 24.4 Å². The average molecular weight is 210 g/mol. The minimum absolute atomic E-state index is 0.235. The molecule has 1 aromatic rings. The Morgan fingerprint density at radius 3 is 2.60 bits per heavy atom. The van der Waals surface area contributed by atoms with Gasteiger partial charge in [-0.3, -0.25) is 0 Å². The van der Waals surface area contributed by atoms with E-state index in [4.69, 9.17) is 9.47 Å². The van der Waals surface area contributed by atoms with Gasteiger partial charge in [0.25, 0.3) is 0 Å². The monoisotopic (exact) mass is 210 g/mol. The van der Waals surface area contributed by atoms with Gasteiger partial charge in [0.1, 0.15) is 5.75 Å². The second-order valence-corrected chi connectivity index (χ2v) is 3.60. The number of para-hydroxylation sites is 1. The maximum absolute atomic E-state index is 9.44. The van der Waals surface area contributed by atoms with E-state index in [9.17, 15) is 5.11 Å². The highest BCUT2D eigenvalue weighted by Gasteiger charge is 1.99. The Bertz CT molecular complexity index is 284. The van der Waals surface area contributed by atoms with Gasteiger partial charge < -0.3 is 14.6 Å². The maximum Gasteiger partial charge on any atom is 0.121 e. The topological polar surface area (TPSA) is 38.7 Å². The molecule has 0 atom stereocenters. The van der Waals surface area contributed by atoms with Crippen molar-refractivity contribution in [3.63, 3.8) is 0 Å². The van der Waals surface area contributed by atoms with Gasteiger partial charge >= 0.3 is 0 Å². The van der Waals surface area contributed by atoms with Crippen molar-refractivity contribution >= 4 is 0 Å². The van der Waals surface area contributed by atoms with Gasteiger partial charge in [0.2, 0.25) is 0 Å². The van der Waals surface area contributed by atoms with Crippen molar-refractivity contribution in [2.24, 2.45) is 0 Å². The molecule has 0 amide bonds. The van der Waals surface area contributed by atoms with Crippen molar-refractivity contribution in [2.75, 3.05) is 13.2 Å². The number of rotatable bonds is 6. The highest BCUT2D eigenvalue weighted by molar-refractivity contribution is 5.30. The van der Waals surface area contributed by atoms with Gasteiger partial charge in [0.05, 0.1) is 25.9 Å². The molecule has 3 heteroatoms. The van der Waals surface area contributed by atoms with Crippen molar-refractivity contribution < 1.29 is 14.6 Å². The van der Waals surface area contributed by atoms with Crippen molar-refractivity contribution in [1.29, 1.82) is 0 Å². The van der Waals surface area contributed by atoms with Crippen molar-refractivity contribution in [3.8, 4) is 5.75 Å². The number of phenolic OH excluding ortho intramolecular Hbond substituents is 1. The SMILES string of the molecule is CC(C)OCCOCc1ccccc1O. The minimum atomic E-state index is 0.235. The number of benzene rings is 1. The van der Waals surface area contributed by atoms with Crippen molar-refractivity contribution in [3.05, 3.63) is 29.8 Å². The molecule has 15 heavy (non-hydrogen) atoms. The van der Waals surface area contributed by atoms with Crippen LogP contribution in [0.5, 0.6) is 5.75 Å². The van der Waals surface area contributed by atoms with Crippen LogP contribution < -0.4 is 0 Å². The van der Waals surface area contributed by atoms with Crippen LogP contribution in [0.2, 0.25) is 0 Å². The number of ether oxygens (including phenoxy) is 2. The largest absolute Gasteiger partial charge is 0.508 e. The van der Waals surface area contributed by atoms with Crippen LogP contribution in [0.4, 0.5) is 0 Å². The summed E-state index contributed by atoms with van der Waals surface area (Å²) in [6.07, 6.45) is 0.235. The fraction of sp³-hybridized carbons (Fsp3) is 0.500. The Morgan fingerprint density at radius 1 is 1.20 bits per heavy atom. The Morgan fingerprint density at radius 2 is 1.93 bits per heavy atom. The molecule has 3 nitrogen and oxygen atoms in total. The lowest BCUT2D eigenvalue weighted by Crippen LogP contribution is -2.09. The number of phenols is 1. The first-order valence-electron chi connectivity index (χ1n) is 5.16. The van der Waals surface area contributed by atoms with Crippen LogP contribution in [0.3, 0.4) is 0 Å².